The summed E-state index contributed by atoms with van der Waals surface area (Å²) in [6.07, 6.45) is 0. The zero-order valence-corrected chi connectivity index (χ0v) is 14.4. The van der Waals surface area contributed by atoms with E-state index in [0.29, 0.717) is 15.8 Å². The summed E-state index contributed by atoms with van der Waals surface area (Å²) in [6, 6.07) is 4.91. The lowest BCUT2D eigenvalue weighted by Gasteiger charge is -2.09. The zero-order valence-electron chi connectivity index (χ0n) is 12.9. The van der Waals surface area contributed by atoms with Crippen LogP contribution in [0.15, 0.2) is 18.2 Å². The molecule has 1 heterocycles. The van der Waals surface area contributed by atoms with Crippen molar-refractivity contribution in [3.8, 4) is 17.8 Å². The fourth-order valence-electron chi connectivity index (χ4n) is 1.60. The molecule has 0 fully saturated rings. The third-order valence-corrected chi connectivity index (χ3v) is 3.23. The smallest absolute Gasteiger partial charge is 0.322 e. The molecule has 0 bridgehead atoms. The van der Waals surface area contributed by atoms with Crippen LogP contribution in [0, 0.1) is 0 Å². The summed E-state index contributed by atoms with van der Waals surface area (Å²) in [7, 11) is 2.83. The minimum atomic E-state index is -0.376. The lowest BCUT2D eigenvalue weighted by molar-refractivity contribution is -0.123. The van der Waals surface area contributed by atoms with Gasteiger partial charge >= 0.3 is 12.0 Å². The highest BCUT2D eigenvalue weighted by atomic mass is 35.5. The highest BCUT2D eigenvalue weighted by molar-refractivity contribution is 6.35. The maximum absolute atomic E-state index is 11.8. The molecule has 0 spiro atoms. The summed E-state index contributed by atoms with van der Waals surface area (Å²) >= 11 is 11.7. The second kappa shape index (κ2) is 8.51. The monoisotopic (exact) mass is 372 g/mol. The Labute approximate surface area is 148 Å². The van der Waals surface area contributed by atoms with E-state index in [4.69, 9.17) is 37.4 Å². The molecular weight excluding hydrogens is 359 g/mol. The number of nitrogens with one attached hydrogen (secondary N) is 1. The van der Waals surface area contributed by atoms with Crippen molar-refractivity contribution >= 4 is 29.1 Å². The van der Waals surface area contributed by atoms with Crippen LogP contribution in [0.25, 0.3) is 0 Å². The summed E-state index contributed by atoms with van der Waals surface area (Å²) in [5.74, 6) is 0.274. The average molecular weight is 373 g/mol. The SMILES string of the molecule is COc1nc(CNC(=O)COc2ccc(Cl)cc2Cl)nc(OC)n1. The van der Waals surface area contributed by atoms with E-state index in [1.165, 1.54) is 20.3 Å². The molecule has 0 saturated heterocycles. The van der Waals surface area contributed by atoms with Gasteiger partial charge in [-0.1, -0.05) is 23.2 Å². The number of carbonyl (C=O) groups is 1. The number of nitrogens with zero attached hydrogens (tertiary/aromatic N) is 3. The molecule has 0 aliphatic rings. The van der Waals surface area contributed by atoms with Gasteiger partial charge in [-0.05, 0) is 18.2 Å². The zero-order chi connectivity index (χ0) is 17.5. The number of amides is 1. The molecule has 1 aromatic carbocycles. The van der Waals surface area contributed by atoms with E-state index in [-0.39, 0.29) is 36.9 Å². The molecule has 0 saturated carbocycles. The first kappa shape index (κ1) is 18.0. The molecule has 2 rings (SSSR count). The molecule has 128 valence electrons. The van der Waals surface area contributed by atoms with Gasteiger partial charge in [0.2, 0.25) is 0 Å². The number of halogens is 2. The van der Waals surface area contributed by atoms with Crippen molar-refractivity contribution < 1.29 is 19.0 Å². The van der Waals surface area contributed by atoms with E-state index in [9.17, 15) is 4.79 Å². The molecular formula is C14H14Cl2N4O4. The topological polar surface area (TPSA) is 95.5 Å². The molecule has 0 radical (unpaired) electrons. The Bertz CT molecular complexity index is 708. The molecule has 0 unspecified atom stereocenters. The first-order valence-electron chi connectivity index (χ1n) is 6.69. The standard InChI is InChI=1S/C14H14Cl2N4O4/c1-22-13-18-11(19-14(20-13)23-2)6-17-12(21)7-24-10-4-3-8(15)5-9(10)16/h3-5H,6-7H2,1-2H3,(H,17,21). The first-order valence-corrected chi connectivity index (χ1v) is 7.45. The van der Waals surface area contributed by atoms with Gasteiger partial charge in [0.15, 0.2) is 12.4 Å². The number of ether oxygens (including phenoxy) is 3. The van der Waals surface area contributed by atoms with Crippen molar-refractivity contribution in [2.75, 3.05) is 20.8 Å². The van der Waals surface area contributed by atoms with Crippen LogP contribution < -0.4 is 19.5 Å². The Morgan fingerprint density at radius 1 is 1.12 bits per heavy atom. The van der Waals surface area contributed by atoms with Crippen LogP contribution in [-0.4, -0.2) is 41.7 Å². The van der Waals surface area contributed by atoms with Crippen molar-refractivity contribution in [3.05, 3.63) is 34.1 Å². The van der Waals surface area contributed by atoms with Crippen LogP contribution in [0.2, 0.25) is 10.0 Å². The van der Waals surface area contributed by atoms with E-state index >= 15 is 0 Å². The number of hydrogen-bond acceptors (Lipinski definition) is 7. The van der Waals surface area contributed by atoms with Gasteiger partial charge in [-0.2, -0.15) is 9.97 Å². The number of rotatable bonds is 7. The fraction of sp³-hybridized carbons (Fsp3) is 0.286. The van der Waals surface area contributed by atoms with Gasteiger partial charge in [-0.25, -0.2) is 0 Å². The second-order valence-corrected chi connectivity index (χ2v) is 5.21. The van der Waals surface area contributed by atoms with Crippen LogP contribution in [0.1, 0.15) is 5.82 Å². The maximum atomic E-state index is 11.8. The van der Waals surface area contributed by atoms with E-state index in [1.807, 2.05) is 0 Å². The summed E-state index contributed by atoms with van der Waals surface area (Å²) in [6.45, 7) is -0.160. The first-order chi connectivity index (χ1) is 11.5. The lowest BCUT2D eigenvalue weighted by Crippen LogP contribution is -2.29. The Morgan fingerprint density at radius 3 is 2.38 bits per heavy atom. The second-order valence-electron chi connectivity index (χ2n) is 4.37. The van der Waals surface area contributed by atoms with Gasteiger partial charge in [0.25, 0.3) is 5.91 Å². The van der Waals surface area contributed by atoms with Gasteiger partial charge in [0.1, 0.15) is 5.75 Å². The predicted molar refractivity (Wildman–Crippen MR) is 86.7 cm³/mol. The molecule has 0 aliphatic heterocycles. The lowest BCUT2D eigenvalue weighted by atomic mass is 10.3. The van der Waals surface area contributed by atoms with Crippen molar-refractivity contribution in [2.24, 2.45) is 0 Å². The van der Waals surface area contributed by atoms with Crippen LogP contribution in [0.3, 0.4) is 0 Å². The number of benzene rings is 1. The quantitative estimate of drug-likeness (QED) is 0.792. The van der Waals surface area contributed by atoms with Gasteiger partial charge in [-0.15, -0.1) is 4.98 Å². The Hall–Kier alpha value is -2.32. The van der Waals surface area contributed by atoms with Gasteiger partial charge in [-0.3, -0.25) is 4.79 Å². The Balaban J connectivity index is 1.89. The van der Waals surface area contributed by atoms with Crippen LogP contribution in [0.5, 0.6) is 17.8 Å². The minimum Gasteiger partial charge on any atom is -0.482 e. The van der Waals surface area contributed by atoms with Crippen LogP contribution in [0.4, 0.5) is 0 Å². The molecule has 8 nitrogen and oxygen atoms in total. The average Bonchev–Trinajstić information content (AvgIpc) is 2.58. The van der Waals surface area contributed by atoms with Crippen molar-refractivity contribution in [1.82, 2.24) is 20.3 Å². The number of carbonyl (C=O) groups excluding carboxylic acids is 1. The molecule has 1 aromatic heterocycles. The fourth-order valence-corrected chi connectivity index (χ4v) is 2.07. The highest BCUT2D eigenvalue weighted by Crippen LogP contribution is 2.27. The van der Waals surface area contributed by atoms with Gasteiger partial charge in [0.05, 0.1) is 25.8 Å². The van der Waals surface area contributed by atoms with Crippen LogP contribution >= 0.6 is 23.2 Å². The number of aromatic nitrogens is 3. The largest absolute Gasteiger partial charge is 0.482 e. The van der Waals surface area contributed by atoms with E-state index in [1.54, 1.807) is 12.1 Å². The normalized spacial score (nSPS) is 10.2. The van der Waals surface area contributed by atoms with E-state index in [2.05, 4.69) is 20.3 Å². The summed E-state index contributed by atoms with van der Waals surface area (Å²) in [5, 5.41) is 3.41. The van der Waals surface area contributed by atoms with Gasteiger partial charge < -0.3 is 19.5 Å². The third-order valence-electron chi connectivity index (χ3n) is 2.70. The molecule has 10 heteroatoms. The van der Waals surface area contributed by atoms with Crippen molar-refractivity contribution in [3.63, 3.8) is 0 Å². The summed E-state index contributed by atoms with van der Waals surface area (Å²) in [5.41, 5.74) is 0. The number of methoxy groups -OCH3 is 2. The molecule has 0 atom stereocenters. The minimum absolute atomic E-state index is 0.0613. The summed E-state index contributed by atoms with van der Waals surface area (Å²) < 4.78 is 15.2. The van der Waals surface area contributed by atoms with Crippen molar-refractivity contribution in [1.29, 1.82) is 0 Å². The molecule has 1 amide bonds. The number of hydrogen-bond donors (Lipinski definition) is 1. The summed E-state index contributed by atoms with van der Waals surface area (Å²) in [4.78, 5) is 23.7. The Kier molecular flexibility index (Phi) is 6.39. The van der Waals surface area contributed by atoms with E-state index < -0.39 is 0 Å². The van der Waals surface area contributed by atoms with Gasteiger partial charge in [0, 0.05) is 5.02 Å². The Morgan fingerprint density at radius 2 is 1.79 bits per heavy atom. The molecule has 1 N–H and O–H groups in total. The van der Waals surface area contributed by atoms with E-state index in [0.717, 1.165) is 0 Å². The third kappa shape index (κ3) is 5.10. The molecule has 0 aliphatic carbocycles. The molecule has 2 aromatic rings. The molecule has 24 heavy (non-hydrogen) atoms. The highest BCUT2D eigenvalue weighted by Gasteiger charge is 2.10. The van der Waals surface area contributed by atoms with Crippen molar-refractivity contribution in [2.45, 2.75) is 6.54 Å². The maximum Gasteiger partial charge on any atom is 0.322 e. The van der Waals surface area contributed by atoms with Crippen LogP contribution in [-0.2, 0) is 11.3 Å². The predicted octanol–water partition coefficient (Wildman–Crippen LogP) is 1.89.